The van der Waals surface area contributed by atoms with Gasteiger partial charge in [0.05, 0.1) is 21.8 Å². The van der Waals surface area contributed by atoms with Crippen LogP contribution in [0.1, 0.15) is 22.4 Å². The average Bonchev–Trinajstić information content (AvgIpc) is 3.37. The monoisotopic (exact) mass is 611 g/mol. The number of nitrogens with zero attached hydrogens (tertiary/aromatic N) is 5. The number of fused-ring (bicyclic) bond motifs is 1. The van der Waals surface area contributed by atoms with Crippen LogP contribution in [0.5, 0.6) is 0 Å². The molecule has 11 heteroatoms. The first-order valence-electron chi connectivity index (χ1n) is 13.0. The number of thiocarbonyl (C=S) groups is 1. The molecule has 1 aliphatic rings. The predicted molar refractivity (Wildman–Crippen MR) is 173 cm³/mol. The van der Waals surface area contributed by atoms with E-state index in [2.05, 4.69) is 0 Å². The van der Waals surface area contributed by atoms with Crippen molar-refractivity contribution in [3.05, 3.63) is 121 Å². The number of aromatic nitrogens is 4. The number of amides is 1. The van der Waals surface area contributed by atoms with E-state index >= 15 is 0 Å². The van der Waals surface area contributed by atoms with Gasteiger partial charge in [-0.3, -0.25) is 28.4 Å². The Morgan fingerprint density at radius 2 is 1.57 bits per heavy atom. The number of anilines is 1. The van der Waals surface area contributed by atoms with Crippen LogP contribution in [0.25, 0.3) is 17.4 Å². The number of benzene rings is 2. The van der Waals surface area contributed by atoms with Gasteiger partial charge in [-0.25, -0.2) is 9.67 Å². The number of para-hydroxylation sites is 1. The maximum Gasteiger partial charge on any atom is 0.296 e. The van der Waals surface area contributed by atoms with E-state index in [0.717, 1.165) is 27.8 Å². The number of thioether (sulfide) groups is 1. The van der Waals surface area contributed by atoms with Crippen molar-refractivity contribution in [2.24, 2.45) is 7.05 Å². The number of hydrogen-bond acceptors (Lipinski definition) is 7. The standard InChI is InChI=1S/C31H25N5O3S3/c1-18-10-13-22(14-11-18)41-27-23(28(37)34-17-19(2)12-15-25(34)32-27)16-24-29(38)35(31(40)42-24)26-20(3)33(4)36(30(26)39)21-8-6-5-7-9-21/h5-17H,1-4H3/b24-16+. The van der Waals surface area contributed by atoms with E-state index in [4.69, 9.17) is 17.2 Å². The van der Waals surface area contributed by atoms with E-state index in [9.17, 15) is 14.4 Å². The van der Waals surface area contributed by atoms with Crippen LogP contribution >= 0.6 is 35.7 Å². The van der Waals surface area contributed by atoms with Crippen LogP contribution in [0.2, 0.25) is 0 Å². The third-order valence-electron chi connectivity index (χ3n) is 7.02. The van der Waals surface area contributed by atoms with Crippen LogP contribution in [0, 0.1) is 20.8 Å². The van der Waals surface area contributed by atoms with Crippen molar-refractivity contribution < 1.29 is 4.79 Å². The largest absolute Gasteiger partial charge is 0.296 e. The van der Waals surface area contributed by atoms with Crippen molar-refractivity contribution >= 4 is 63.4 Å². The van der Waals surface area contributed by atoms with E-state index in [-0.39, 0.29) is 31.6 Å². The normalized spacial score (nSPS) is 14.5. The van der Waals surface area contributed by atoms with E-state index in [1.165, 1.54) is 25.7 Å². The first kappa shape index (κ1) is 28.0. The van der Waals surface area contributed by atoms with Gasteiger partial charge in [-0.1, -0.05) is 77.7 Å². The van der Waals surface area contributed by atoms with Crippen LogP contribution in [0.15, 0.2) is 97.3 Å². The van der Waals surface area contributed by atoms with E-state index in [0.29, 0.717) is 22.1 Å². The van der Waals surface area contributed by atoms with Crippen LogP contribution < -0.4 is 16.0 Å². The van der Waals surface area contributed by atoms with Gasteiger partial charge in [0.15, 0.2) is 4.32 Å². The summed E-state index contributed by atoms with van der Waals surface area (Å²) >= 11 is 8.04. The molecule has 3 aromatic heterocycles. The molecule has 0 saturated carbocycles. The van der Waals surface area contributed by atoms with Gasteiger partial charge in [0.2, 0.25) is 0 Å². The van der Waals surface area contributed by atoms with Gasteiger partial charge in [0, 0.05) is 18.1 Å². The summed E-state index contributed by atoms with van der Waals surface area (Å²) in [5, 5.41) is 0.472. The number of rotatable bonds is 5. The summed E-state index contributed by atoms with van der Waals surface area (Å²) < 4.78 is 4.91. The molecule has 2 aromatic carbocycles. The Morgan fingerprint density at radius 1 is 0.881 bits per heavy atom. The predicted octanol–water partition coefficient (Wildman–Crippen LogP) is 5.67. The molecule has 4 heterocycles. The Kier molecular flexibility index (Phi) is 7.25. The van der Waals surface area contributed by atoms with Crippen LogP contribution in [-0.2, 0) is 11.8 Å². The minimum absolute atomic E-state index is 0.186. The maximum atomic E-state index is 13.9. The Hall–Kier alpha value is -4.19. The second kappa shape index (κ2) is 10.9. The topological polar surface area (TPSA) is 81.6 Å². The van der Waals surface area contributed by atoms with Gasteiger partial charge in [-0.05, 0) is 62.7 Å². The second-order valence-electron chi connectivity index (χ2n) is 9.91. The lowest BCUT2D eigenvalue weighted by molar-refractivity contribution is -0.113. The van der Waals surface area contributed by atoms with Gasteiger partial charge in [0.25, 0.3) is 17.0 Å². The van der Waals surface area contributed by atoms with E-state index in [1.807, 2.05) is 74.5 Å². The molecule has 0 aliphatic carbocycles. The van der Waals surface area contributed by atoms with Crippen molar-refractivity contribution in [1.82, 2.24) is 18.7 Å². The van der Waals surface area contributed by atoms with Crippen LogP contribution in [-0.4, -0.2) is 29.0 Å². The first-order valence-corrected chi connectivity index (χ1v) is 15.1. The number of aryl methyl sites for hydroxylation is 2. The van der Waals surface area contributed by atoms with Gasteiger partial charge < -0.3 is 0 Å². The lowest BCUT2D eigenvalue weighted by Gasteiger charge is -2.12. The van der Waals surface area contributed by atoms with Gasteiger partial charge in [-0.15, -0.1) is 0 Å². The Bertz CT molecular complexity index is 2060. The summed E-state index contributed by atoms with van der Waals surface area (Å²) in [5.74, 6) is -0.462. The molecule has 5 aromatic rings. The van der Waals surface area contributed by atoms with E-state index in [1.54, 1.807) is 37.0 Å². The average molecular weight is 612 g/mol. The molecule has 0 radical (unpaired) electrons. The molecular formula is C31H25N5O3S3. The fourth-order valence-electron chi connectivity index (χ4n) is 4.76. The molecule has 1 aliphatic heterocycles. The number of carbonyl (C=O) groups is 1. The second-order valence-corrected chi connectivity index (χ2v) is 12.7. The highest BCUT2D eigenvalue weighted by molar-refractivity contribution is 8.27. The molecule has 1 saturated heterocycles. The Balaban J connectivity index is 1.47. The highest BCUT2D eigenvalue weighted by Crippen LogP contribution is 2.38. The summed E-state index contributed by atoms with van der Waals surface area (Å²) in [6.07, 6.45) is 3.28. The molecule has 0 atom stereocenters. The summed E-state index contributed by atoms with van der Waals surface area (Å²) in [6, 6.07) is 20.8. The van der Waals surface area contributed by atoms with Crippen molar-refractivity contribution in [1.29, 1.82) is 0 Å². The molecule has 0 unspecified atom stereocenters. The number of carbonyl (C=O) groups excluding carboxylic acids is 1. The zero-order chi connectivity index (χ0) is 29.7. The van der Waals surface area contributed by atoms with Crippen molar-refractivity contribution in [2.75, 3.05) is 4.90 Å². The summed E-state index contributed by atoms with van der Waals surface area (Å²) in [7, 11) is 1.76. The molecule has 42 heavy (non-hydrogen) atoms. The molecule has 8 nitrogen and oxygen atoms in total. The van der Waals surface area contributed by atoms with Crippen LogP contribution in [0.4, 0.5) is 5.69 Å². The first-order chi connectivity index (χ1) is 20.1. The summed E-state index contributed by atoms with van der Waals surface area (Å²) in [4.78, 5) is 48.6. The lowest BCUT2D eigenvalue weighted by Crippen LogP contribution is -2.33. The fourth-order valence-corrected chi connectivity index (χ4v) is 6.90. The molecular weight excluding hydrogens is 587 g/mol. The Morgan fingerprint density at radius 3 is 2.29 bits per heavy atom. The minimum atomic E-state index is -0.462. The van der Waals surface area contributed by atoms with Crippen molar-refractivity contribution in [2.45, 2.75) is 30.7 Å². The summed E-state index contributed by atoms with van der Waals surface area (Å²) in [5.41, 5.74) is 3.57. The molecule has 6 rings (SSSR count). The molecule has 0 N–H and O–H groups in total. The van der Waals surface area contributed by atoms with Crippen molar-refractivity contribution in [3.8, 4) is 5.69 Å². The number of hydrogen-bond donors (Lipinski definition) is 0. The zero-order valence-corrected chi connectivity index (χ0v) is 25.6. The molecule has 0 spiro atoms. The maximum absolute atomic E-state index is 13.9. The quantitative estimate of drug-likeness (QED) is 0.144. The molecule has 1 fully saturated rings. The molecule has 1 amide bonds. The fraction of sp³-hybridized carbons (Fsp3) is 0.129. The lowest BCUT2D eigenvalue weighted by atomic mass is 10.2. The van der Waals surface area contributed by atoms with E-state index < -0.39 is 5.91 Å². The highest BCUT2D eigenvalue weighted by Gasteiger charge is 2.38. The molecule has 210 valence electrons. The number of pyridine rings is 1. The highest BCUT2D eigenvalue weighted by atomic mass is 32.2. The minimum Gasteiger partial charge on any atom is -0.283 e. The van der Waals surface area contributed by atoms with Gasteiger partial charge >= 0.3 is 0 Å². The molecule has 0 bridgehead atoms. The Labute approximate surface area is 255 Å². The van der Waals surface area contributed by atoms with Crippen molar-refractivity contribution in [3.63, 3.8) is 0 Å². The van der Waals surface area contributed by atoms with Crippen LogP contribution in [0.3, 0.4) is 0 Å². The smallest absolute Gasteiger partial charge is 0.283 e. The van der Waals surface area contributed by atoms with Gasteiger partial charge in [-0.2, -0.15) is 0 Å². The third-order valence-corrected chi connectivity index (χ3v) is 9.34. The van der Waals surface area contributed by atoms with Gasteiger partial charge in [0.1, 0.15) is 16.4 Å². The SMILES string of the molecule is Cc1ccc(Sc2nc3ccc(C)cn3c(=O)c2/C=C2/SC(=S)N(c3c(C)n(C)n(-c4ccccc4)c3=O)C2=O)cc1. The zero-order valence-electron chi connectivity index (χ0n) is 23.2. The summed E-state index contributed by atoms with van der Waals surface area (Å²) in [6.45, 7) is 5.68. The third kappa shape index (κ3) is 4.83.